The second kappa shape index (κ2) is 6.35. The summed E-state index contributed by atoms with van der Waals surface area (Å²) in [4.78, 5) is 15.9. The van der Waals surface area contributed by atoms with Crippen LogP contribution in [-0.4, -0.2) is 65.3 Å². The Balaban J connectivity index is 1.84. The fourth-order valence-corrected chi connectivity index (χ4v) is 3.52. The molecule has 0 aliphatic carbocycles. The highest BCUT2D eigenvalue weighted by Gasteiger charge is 2.54. The van der Waals surface area contributed by atoms with Gasteiger partial charge in [0.2, 0.25) is 5.91 Å². The van der Waals surface area contributed by atoms with Gasteiger partial charge in [-0.25, -0.2) is 0 Å². The minimum Gasteiger partial charge on any atom is -0.380 e. The quantitative estimate of drug-likeness (QED) is 0.844. The number of hydrogen-bond acceptors (Lipinski definition) is 3. The number of piperidine rings is 2. The lowest BCUT2D eigenvalue weighted by molar-refractivity contribution is -0.272. The van der Waals surface area contributed by atoms with E-state index in [1.54, 1.807) is 4.90 Å². The lowest BCUT2D eigenvalue weighted by Gasteiger charge is -2.40. The molecule has 2 unspecified atom stereocenters. The summed E-state index contributed by atoms with van der Waals surface area (Å²) < 4.78 is 38.2. The Morgan fingerprint density at radius 2 is 1.68 bits per heavy atom. The molecule has 0 saturated carbocycles. The first-order valence-corrected chi connectivity index (χ1v) is 7.90. The molecule has 2 aliphatic rings. The molecule has 4 nitrogen and oxygen atoms in total. The smallest absolute Gasteiger partial charge is 0.380 e. The van der Waals surface area contributed by atoms with Crippen molar-refractivity contribution < 1.29 is 23.1 Å². The highest BCUT2D eigenvalue weighted by atomic mass is 19.4. The summed E-state index contributed by atoms with van der Waals surface area (Å²) in [6.07, 6.45) is -4.22. The monoisotopic (exact) mass is 322 g/mol. The average Bonchev–Trinajstić information content (AvgIpc) is 2.39. The Morgan fingerprint density at radius 1 is 1.18 bits per heavy atom. The third-order valence-corrected chi connectivity index (χ3v) is 4.79. The van der Waals surface area contributed by atoms with Crippen molar-refractivity contribution in [2.45, 2.75) is 44.9 Å². The van der Waals surface area contributed by atoms with Crippen LogP contribution < -0.4 is 0 Å². The van der Waals surface area contributed by atoms with Crippen LogP contribution in [0.2, 0.25) is 0 Å². The van der Waals surface area contributed by atoms with Crippen LogP contribution in [0.25, 0.3) is 0 Å². The molecule has 22 heavy (non-hydrogen) atoms. The van der Waals surface area contributed by atoms with E-state index in [0.29, 0.717) is 11.8 Å². The van der Waals surface area contributed by atoms with Crippen molar-refractivity contribution in [3.8, 4) is 0 Å². The second-order valence-electron chi connectivity index (χ2n) is 7.05. The van der Waals surface area contributed by atoms with E-state index in [9.17, 15) is 23.1 Å². The van der Waals surface area contributed by atoms with Crippen molar-refractivity contribution in [3.63, 3.8) is 0 Å². The highest BCUT2D eigenvalue weighted by molar-refractivity contribution is 5.78. The van der Waals surface area contributed by atoms with Crippen molar-refractivity contribution in [3.05, 3.63) is 0 Å². The molecular formula is C15H25F3N2O2. The molecule has 0 spiro atoms. The highest BCUT2D eigenvalue weighted by Crippen LogP contribution is 2.38. The van der Waals surface area contributed by atoms with Gasteiger partial charge in [0.25, 0.3) is 0 Å². The first-order valence-electron chi connectivity index (χ1n) is 7.90. The van der Waals surface area contributed by atoms with Gasteiger partial charge < -0.3 is 10.0 Å². The van der Waals surface area contributed by atoms with Crippen molar-refractivity contribution in [2.24, 2.45) is 11.8 Å². The van der Waals surface area contributed by atoms with Crippen LogP contribution in [0.15, 0.2) is 0 Å². The van der Waals surface area contributed by atoms with E-state index in [4.69, 9.17) is 0 Å². The maximum absolute atomic E-state index is 12.7. The van der Waals surface area contributed by atoms with E-state index < -0.39 is 11.8 Å². The van der Waals surface area contributed by atoms with Crippen molar-refractivity contribution in [2.75, 3.05) is 32.7 Å². The van der Waals surface area contributed by atoms with E-state index in [1.165, 1.54) is 0 Å². The number of nitrogens with zero attached hydrogens (tertiary/aromatic N) is 2. The van der Waals surface area contributed by atoms with Crippen LogP contribution in [0.4, 0.5) is 13.2 Å². The summed E-state index contributed by atoms with van der Waals surface area (Å²) in [7, 11) is 0. The topological polar surface area (TPSA) is 43.8 Å². The van der Waals surface area contributed by atoms with Gasteiger partial charge in [0.15, 0.2) is 5.60 Å². The molecule has 0 bridgehead atoms. The zero-order valence-electron chi connectivity index (χ0n) is 13.2. The molecule has 2 aliphatic heterocycles. The molecule has 1 amide bonds. The van der Waals surface area contributed by atoms with Gasteiger partial charge in [-0.3, -0.25) is 9.69 Å². The summed E-state index contributed by atoms with van der Waals surface area (Å²) in [5.41, 5.74) is -2.60. The summed E-state index contributed by atoms with van der Waals surface area (Å²) in [6.45, 7) is 6.02. The van der Waals surface area contributed by atoms with E-state index in [1.807, 2.05) is 4.90 Å². The number of carbonyl (C=O) groups excluding carboxylic acids is 1. The standard InChI is InChI=1S/C15H25F3N2O2/c1-11-7-12(2)9-20(8-11)13(21)10-19-5-3-14(22,4-6-19)15(16,17)18/h11-12,22H,3-10H2,1-2H3. The fraction of sp³-hybridized carbons (Fsp3) is 0.933. The van der Waals surface area contributed by atoms with Crippen LogP contribution >= 0.6 is 0 Å². The Hall–Kier alpha value is -0.820. The van der Waals surface area contributed by atoms with Crippen LogP contribution in [0.1, 0.15) is 33.1 Å². The third kappa shape index (κ3) is 3.93. The van der Waals surface area contributed by atoms with Crippen LogP contribution in [-0.2, 0) is 4.79 Å². The van der Waals surface area contributed by atoms with Crippen LogP contribution in [0, 0.1) is 11.8 Å². The van der Waals surface area contributed by atoms with Crippen molar-refractivity contribution >= 4 is 5.91 Å². The predicted octanol–water partition coefficient (Wildman–Crippen LogP) is 1.88. The zero-order valence-corrected chi connectivity index (χ0v) is 13.2. The van der Waals surface area contributed by atoms with Gasteiger partial charge in [-0.05, 0) is 31.1 Å². The maximum atomic E-state index is 12.7. The average molecular weight is 322 g/mol. The van der Waals surface area contributed by atoms with Gasteiger partial charge in [-0.1, -0.05) is 13.8 Å². The lowest BCUT2D eigenvalue weighted by Crippen LogP contribution is -2.55. The number of carbonyl (C=O) groups is 1. The normalized spacial score (nSPS) is 30.4. The molecule has 7 heteroatoms. The molecule has 0 radical (unpaired) electrons. The molecule has 2 heterocycles. The van der Waals surface area contributed by atoms with E-state index in [2.05, 4.69) is 13.8 Å². The number of amides is 1. The summed E-state index contributed by atoms with van der Waals surface area (Å²) in [5.74, 6) is 0.907. The summed E-state index contributed by atoms with van der Waals surface area (Å²) >= 11 is 0. The Morgan fingerprint density at radius 3 is 2.14 bits per heavy atom. The third-order valence-electron chi connectivity index (χ3n) is 4.79. The van der Waals surface area contributed by atoms with Gasteiger partial charge >= 0.3 is 6.18 Å². The summed E-state index contributed by atoms with van der Waals surface area (Å²) in [5, 5.41) is 9.63. The summed E-state index contributed by atoms with van der Waals surface area (Å²) in [6, 6.07) is 0. The van der Waals surface area contributed by atoms with E-state index in [-0.39, 0.29) is 38.4 Å². The lowest BCUT2D eigenvalue weighted by atomic mass is 9.90. The van der Waals surface area contributed by atoms with Crippen LogP contribution in [0.3, 0.4) is 0 Å². The van der Waals surface area contributed by atoms with Crippen molar-refractivity contribution in [1.82, 2.24) is 9.80 Å². The number of aliphatic hydroxyl groups is 1. The number of alkyl halides is 3. The van der Waals surface area contributed by atoms with Gasteiger partial charge in [-0.2, -0.15) is 13.2 Å². The molecule has 128 valence electrons. The minimum absolute atomic E-state index is 0.0177. The number of likely N-dealkylation sites (tertiary alicyclic amines) is 2. The first-order chi connectivity index (χ1) is 10.1. The Bertz CT molecular complexity index is 396. The first kappa shape index (κ1) is 17.5. The van der Waals surface area contributed by atoms with Crippen molar-refractivity contribution in [1.29, 1.82) is 0 Å². The van der Waals surface area contributed by atoms with E-state index >= 15 is 0 Å². The maximum Gasteiger partial charge on any atom is 0.417 e. The number of hydrogen-bond donors (Lipinski definition) is 1. The molecule has 2 rings (SSSR count). The molecule has 0 aromatic heterocycles. The molecule has 2 atom stereocenters. The molecular weight excluding hydrogens is 297 g/mol. The molecule has 0 aromatic carbocycles. The second-order valence-corrected chi connectivity index (χ2v) is 7.05. The Kier molecular flexibility index (Phi) is 5.06. The van der Waals surface area contributed by atoms with Gasteiger partial charge in [0.1, 0.15) is 0 Å². The van der Waals surface area contributed by atoms with Gasteiger partial charge in [-0.15, -0.1) is 0 Å². The minimum atomic E-state index is -4.60. The fourth-order valence-electron chi connectivity index (χ4n) is 3.52. The Labute approximate surface area is 129 Å². The van der Waals surface area contributed by atoms with E-state index in [0.717, 1.165) is 19.5 Å². The predicted molar refractivity (Wildman–Crippen MR) is 76.2 cm³/mol. The molecule has 0 aromatic rings. The largest absolute Gasteiger partial charge is 0.417 e. The van der Waals surface area contributed by atoms with Crippen LogP contribution in [0.5, 0.6) is 0 Å². The molecule has 2 fully saturated rings. The molecule has 2 saturated heterocycles. The number of rotatable bonds is 2. The molecule has 1 N–H and O–H groups in total. The van der Waals surface area contributed by atoms with Gasteiger partial charge in [0.05, 0.1) is 6.54 Å². The SMILES string of the molecule is CC1CC(C)CN(C(=O)CN2CCC(O)(C(F)(F)F)CC2)C1. The zero-order chi connectivity index (χ0) is 16.5. The number of halogens is 3. The van der Waals surface area contributed by atoms with Gasteiger partial charge in [0, 0.05) is 26.2 Å².